The van der Waals surface area contributed by atoms with Crippen molar-refractivity contribution in [3.63, 3.8) is 0 Å². The number of likely N-dealkylation sites (N-methyl/N-ethyl adjacent to an activating group) is 1. The number of piperazine rings is 1. The highest BCUT2D eigenvalue weighted by molar-refractivity contribution is 6.34. The largest absolute Gasteiger partial charge is 0.506 e. The van der Waals surface area contributed by atoms with Gasteiger partial charge in [-0.2, -0.15) is 4.39 Å². The molecule has 0 atom stereocenters. The Hall–Kier alpha value is -4.07. The van der Waals surface area contributed by atoms with Crippen LogP contribution in [0.15, 0.2) is 23.1 Å². The summed E-state index contributed by atoms with van der Waals surface area (Å²) in [7, 11) is 1.98. The summed E-state index contributed by atoms with van der Waals surface area (Å²) in [5.74, 6) is -2.49. The maximum Gasteiger partial charge on any atom is 0.263 e. The molecule has 2 aliphatic heterocycles. The summed E-state index contributed by atoms with van der Waals surface area (Å²) >= 11 is 12.1. The normalized spacial score (nSPS) is 15.2. The van der Waals surface area contributed by atoms with E-state index in [1.165, 1.54) is 21.4 Å². The van der Waals surface area contributed by atoms with Crippen LogP contribution in [0.3, 0.4) is 0 Å². The van der Waals surface area contributed by atoms with Crippen LogP contribution >= 0.6 is 23.2 Å². The summed E-state index contributed by atoms with van der Waals surface area (Å²) in [6, 6.07) is 2.58. The second-order valence-electron chi connectivity index (χ2n) is 10.5. The highest BCUT2D eigenvalue weighted by Crippen LogP contribution is 2.39. The fourth-order valence-corrected chi connectivity index (χ4v) is 5.85. The Balaban J connectivity index is 1.40. The molecular weight excluding hydrogens is 607 g/mol. The lowest BCUT2D eigenvalue weighted by molar-refractivity contribution is -0.116. The molecule has 0 bridgehead atoms. The van der Waals surface area contributed by atoms with Crippen LogP contribution in [0.2, 0.25) is 10.0 Å². The molecule has 1 amide bonds. The molecule has 5 heterocycles. The molecule has 0 unspecified atom stereocenters. The smallest absolute Gasteiger partial charge is 0.263 e. The van der Waals surface area contributed by atoms with Gasteiger partial charge in [-0.05, 0) is 19.5 Å². The van der Waals surface area contributed by atoms with Crippen LogP contribution in [0.5, 0.6) is 5.75 Å². The van der Waals surface area contributed by atoms with E-state index in [4.69, 9.17) is 23.2 Å². The van der Waals surface area contributed by atoms with Gasteiger partial charge in [0.15, 0.2) is 12.1 Å². The van der Waals surface area contributed by atoms with E-state index in [0.29, 0.717) is 50.4 Å². The SMILES string of the molecule is CN1CCN(c2cc(NC(=O)Cn3cc(-c4cc(C=O)c(O)c(Cl)c4F)c4c(=O)n5c(nc43)CCC5)c(Cl)c(F)n2)CC1. The van der Waals surface area contributed by atoms with Crippen LogP contribution in [-0.2, 0) is 24.3 Å². The molecule has 6 rings (SSSR count). The highest BCUT2D eigenvalue weighted by Gasteiger charge is 2.27. The van der Waals surface area contributed by atoms with Crippen LogP contribution in [0, 0.1) is 11.8 Å². The number of carbonyl (C=O) groups excluding carboxylic acids is 2. The molecule has 0 aliphatic carbocycles. The van der Waals surface area contributed by atoms with Gasteiger partial charge in [0.05, 0.1) is 16.6 Å². The number of phenolic OH excluding ortho intramolecular Hbond substituents is 1. The van der Waals surface area contributed by atoms with E-state index in [0.717, 1.165) is 19.2 Å². The Kier molecular flexibility index (Phi) is 7.57. The van der Waals surface area contributed by atoms with Crippen LogP contribution < -0.4 is 15.8 Å². The van der Waals surface area contributed by atoms with Crippen molar-refractivity contribution in [3.05, 3.63) is 61.9 Å². The van der Waals surface area contributed by atoms with Gasteiger partial charge in [-0.1, -0.05) is 23.2 Å². The number of aldehydes is 1. The van der Waals surface area contributed by atoms with Gasteiger partial charge < -0.3 is 24.8 Å². The highest BCUT2D eigenvalue weighted by atomic mass is 35.5. The zero-order valence-corrected chi connectivity index (χ0v) is 24.3. The number of amides is 1. The van der Waals surface area contributed by atoms with Gasteiger partial charge in [0.2, 0.25) is 11.9 Å². The average Bonchev–Trinajstić information content (AvgIpc) is 3.60. The number of nitrogens with zero attached hydrogens (tertiary/aromatic N) is 6. The van der Waals surface area contributed by atoms with Crippen molar-refractivity contribution in [1.82, 2.24) is 24.0 Å². The molecular formula is C28H25Cl2F2N7O4. The number of hydrogen-bond donors (Lipinski definition) is 2. The van der Waals surface area contributed by atoms with Gasteiger partial charge in [0.25, 0.3) is 5.56 Å². The first kappa shape index (κ1) is 29.0. The van der Waals surface area contributed by atoms with Crippen molar-refractivity contribution in [2.75, 3.05) is 43.4 Å². The van der Waals surface area contributed by atoms with E-state index in [2.05, 4.69) is 20.2 Å². The number of pyridine rings is 1. The van der Waals surface area contributed by atoms with Crippen molar-refractivity contribution in [2.24, 2.45) is 0 Å². The number of nitrogens with one attached hydrogen (secondary N) is 1. The third kappa shape index (κ3) is 5.11. The van der Waals surface area contributed by atoms with Crippen LogP contribution in [0.1, 0.15) is 22.6 Å². The van der Waals surface area contributed by atoms with Crippen molar-refractivity contribution in [2.45, 2.75) is 25.9 Å². The molecule has 0 saturated carbocycles. The van der Waals surface area contributed by atoms with E-state index in [1.54, 1.807) is 0 Å². The van der Waals surface area contributed by atoms with Gasteiger partial charge in [-0.15, -0.1) is 0 Å². The summed E-state index contributed by atoms with van der Waals surface area (Å²) < 4.78 is 32.9. The van der Waals surface area contributed by atoms with Gasteiger partial charge >= 0.3 is 0 Å². The molecule has 1 fully saturated rings. The third-order valence-electron chi connectivity index (χ3n) is 7.78. The molecule has 1 saturated heterocycles. The Bertz CT molecular complexity index is 1870. The van der Waals surface area contributed by atoms with E-state index in [-0.39, 0.29) is 38.4 Å². The van der Waals surface area contributed by atoms with Gasteiger partial charge in [-0.3, -0.25) is 19.0 Å². The Morgan fingerprint density at radius 2 is 1.84 bits per heavy atom. The minimum absolute atomic E-state index is 0.0151. The van der Waals surface area contributed by atoms with E-state index >= 15 is 4.39 Å². The Morgan fingerprint density at radius 1 is 1.09 bits per heavy atom. The lowest BCUT2D eigenvalue weighted by atomic mass is 10.0. The second-order valence-corrected chi connectivity index (χ2v) is 11.3. The molecule has 2 N–H and O–H groups in total. The zero-order valence-electron chi connectivity index (χ0n) is 22.8. The summed E-state index contributed by atoms with van der Waals surface area (Å²) in [4.78, 5) is 51.0. The number of anilines is 2. The number of carbonyl (C=O) groups is 2. The molecule has 11 nitrogen and oxygen atoms in total. The molecule has 43 heavy (non-hydrogen) atoms. The average molecular weight is 632 g/mol. The van der Waals surface area contributed by atoms with Gasteiger partial charge in [0, 0.05) is 62.5 Å². The summed E-state index contributed by atoms with van der Waals surface area (Å²) in [5, 5.41) is 11.7. The summed E-state index contributed by atoms with van der Waals surface area (Å²) in [6.45, 7) is 2.77. The van der Waals surface area contributed by atoms with Gasteiger partial charge in [0.1, 0.15) is 39.6 Å². The number of aryl methyl sites for hydroxylation is 1. The Morgan fingerprint density at radius 3 is 2.56 bits per heavy atom. The maximum absolute atomic E-state index is 15.4. The lowest BCUT2D eigenvalue weighted by Gasteiger charge is -2.33. The lowest BCUT2D eigenvalue weighted by Crippen LogP contribution is -2.44. The fraction of sp³-hybridized carbons (Fsp3) is 0.321. The Labute approximate surface area is 253 Å². The van der Waals surface area contributed by atoms with E-state index in [1.807, 2.05) is 11.9 Å². The molecule has 2 aliphatic rings. The van der Waals surface area contributed by atoms with Crippen LogP contribution in [0.4, 0.5) is 20.3 Å². The first-order valence-corrected chi connectivity index (χ1v) is 14.2. The molecule has 3 aromatic heterocycles. The molecule has 0 spiro atoms. The van der Waals surface area contributed by atoms with Crippen LogP contribution in [-0.4, -0.2) is 74.5 Å². The third-order valence-corrected chi connectivity index (χ3v) is 8.49. The molecule has 224 valence electrons. The standard InChI is InChI=1S/C28H25Cl2F2N7O4/c1-36-5-7-37(8-6-36)19-10-17(22(29)26(32)34-19)33-20(41)12-38-11-16(15-9-14(13-40)25(42)23(30)24(15)31)21-27(38)35-18-3-2-4-39(18)28(21)43/h9-11,13,42H,2-8,12H2,1H3,(H,33,34,41). The van der Waals surface area contributed by atoms with Crippen molar-refractivity contribution in [3.8, 4) is 16.9 Å². The zero-order chi connectivity index (χ0) is 30.6. The van der Waals surface area contributed by atoms with E-state index in [9.17, 15) is 23.9 Å². The quantitative estimate of drug-likeness (QED) is 0.244. The second kappa shape index (κ2) is 11.2. The maximum atomic E-state index is 15.4. The van der Waals surface area contributed by atoms with Crippen molar-refractivity contribution in [1.29, 1.82) is 0 Å². The molecule has 4 aromatic rings. The molecule has 0 radical (unpaired) electrons. The number of benzene rings is 1. The number of hydrogen-bond acceptors (Lipinski definition) is 8. The number of rotatable bonds is 6. The van der Waals surface area contributed by atoms with Crippen molar-refractivity contribution >= 4 is 57.9 Å². The minimum Gasteiger partial charge on any atom is -0.506 e. The van der Waals surface area contributed by atoms with E-state index < -0.39 is 40.5 Å². The number of aromatic hydroxyl groups is 1. The number of halogens is 4. The summed E-state index contributed by atoms with van der Waals surface area (Å²) in [6.07, 6.45) is 2.89. The topological polar surface area (TPSA) is 126 Å². The monoisotopic (exact) mass is 631 g/mol. The number of aromatic nitrogens is 4. The first-order valence-electron chi connectivity index (χ1n) is 13.5. The molecule has 1 aromatic carbocycles. The summed E-state index contributed by atoms with van der Waals surface area (Å²) in [5.41, 5.74) is -0.771. The van der Waals surface area contributed by atoms with Crippen LogP contribution in [0.25, 0.3) is 22.2 Å². The number of fused-ring (bicyclic) bond motifs is 2. The predicted octanol–water partition coefficient (Wildman–Crippen LogP) is 3.70. The predicted molar refractivity (Wildman–Crippen MR) is 157 cm³/mol. The van der Waals surface area contributed by atoms with Crippen molar-refractivity contribution < 1.29 is 23.5 Å². The first-order chi connectivity index (χ1) is 20.6. The fourth-order valence-electron chi connectivity index (χ4n) is 5.49. The molecule has 15 heteroatoms. The minimum atomic E-state index is -1.05. The van der Waals surface area contributed by atoms with Gasteiger partial charge in [-0.25, -0.2) is 14.4 Å². The number of phenols is 1.